The highest BCUT2D eigenvalue weighted by atomic mass is 32.2. The fourth-order valence-corrected chi connectivity index (χ4v) is 2.12. The first-order valence-corrected chi connectivity index (χ1v) is 6.73. The molecule has 0 aliphatic carbocycles. The highest BCUT2D eigenvalue weighted by Crippen LogP contribution is 2.18. The summed E-state index contributed by atoms with van der Waals surface area (Å²) in [5.41, 5.74) is 6.85. The fraction of sp³-hybridized carbons (Fsp3) is 0.500. The smallest absolute Gasteiger partial charge is 0.123 e. The van der Waals surface area contributed by atoms with Gasteiger partial charge in [0.05, 0.1) is 0 Å². The molecule has 4 heteroatoms. The summed E-state index contributed by atoms with van der Waals surface area (Å²) in [6, 6.07) is 6.76. The second kappa shape index (κ2) is 6.89. The van der Waals surface area contributed by atoms with Crippen molar-refractivity contribution in [1.29, 1.82) is 0 Å². The van der Waals surface area contributed by atoms with Crippen molar-refractivity contribution in [3.63, 3.8) is 0 Å². The molecule has 90 valence electrons. The van der Waals surface area contributed by atoms with E-state index < -0.39 is 0 Å². The van der Waals surface area contributed by atoms with Crippen LogP contribution in [-0.2, 0) is 0 Å². The zero-order valence-electron chi connectivity index (χ0n) is 9.82. The van der Waals surface area contributed by atoms with Crippen molar-refractivity contribution in [3.05, 3.63) is 35.6 Å². The van der Waals surface area contributed by atoms with Crippen LogP contribution in [0.15, 0.2) is 24.3 Å². The molecule has 1 aromatic rings. The summed E-state index contributed by atoms with van der Waals surface area (Å²) < 4.78 is 12.8. The summed E-state index contributed by atoms with van der Waals surface area (Å²) in [6.07, 6.45) is 2.09. The van der Waals surface area contributed by atoms with Crippen LogP contribution in [0, 0.1) is 5.82 Å². The summed E-state index contributed by atoms with van der Waals surface area (Å²) in [5.74, 6) is 0.875. The Labute approximate surface area is 101 Å². The lowest BCUT2D eigenvalue weighted by atomic mass is 10.1. The highest BCUT2D eigenvalue weighted by molar-refractivity contribution is 7.98. The Kier molecular flexibility index (Phi) is 5.80. The Bertz CT molecular complexity index is 302. The number of halogens is 1. The lowest BCUT2D eigenvalue weighted by Gasteiger charge is -2.27. The van der Waals surface area contributed by atoms with Crippen LogP contribution in [0.25, 0.3) is 0 Å². The minimum absolute atomic E-state index is 0.174. The third-order valence-corrected chi connectivity index (χ3v) is 3.25. The minimum atomic E-state index is -0.203. The summed E-state index contributed by atoms with van der Waals surface area (Å²) in [7, 11) is 2.05. The van der Waals surface area contributed by atoms with Gasteiger partial charge >= 0.3 is 0 Å². The van der Waals surface area contributed by atoms with E-state index in [1.165, 1.54) is 12.1 Å². The van der Waals surface area contributed by atoms with Gasteiger partial charge in [-0.15, -0.1) is 0 Å². The van der Waals surface area contributed by atoms with Crippen LogP contribution >= 0.6 is 11.8 Å². The van der Waals surface area contributed by atoms with Crippen molar-refractivity contribution in [2.45, 2.75) is 6.04 Å². The van der Waals surface area contributed by atoms with Crippen molar-refractivity contribution in [1.82, 2.24) is 4.90 Å². The van der Waals surface area contributed by atoms with E-state index in [2.05, 4.69) is 18.2 Å². The first kappa shape index (κ1) is 13.5. The van der Waals surface area contributed by atoms with E-state index in [1.807, 2.05) is 23.9 Å². The molecule has 0 heterocycles. The molecule has 0 radical (unpaired) electrons. The normalized spacial score (nSPS) is 13.1. The number of nitrogens with zero attached hydrogens (tertiary/aromatic N) is 1. The third-order valence-electron chi connectivity index (χ3n) is 2.66. The fourth-order valence-electron chi connectivity index (χ4n) is 1.65. The molecule has 1 aromatic carbocycles. The van der Waals surface area contributed by atoms with Gasteiger partial charge in [-0.05, 0) is 31.0 Å². The SMILES string of the molecule is CSCCN(C)C(CN)c1ccc(F)cc1. The second-order valence-electron chi connectivity index (χ2n) is 3.78. The van der Waals surface area contributed by atoms with Crippen molar-refractivity contribution < 1.29 is 4.39 Å². The molecule has 0 saturated carbocycles. The number of hydrogen-bond acceptors (Lipinski definition) is 3. The highest BCUT2D eigenvalue weighted by Gasteiger charge is 2.14. The first-order chi connectivity index (χ1) is 7.69. The van der Waals surface area contributed by atoms with Crippen LogP contribution in [0.3, 0.4) is 0 Å². The van der Waals surface area contributed by atoms with Crippen LogP contribution in [0.4, 0.5) is 4.39 Å². The van der Waals surface area contributed by atoms with Crippen LogP contribution in [0.1, 0.15) is 11.6 Å². The van der Waals surface area contributed by atoms with Gasteiger partial charge in [-0.1, -0.05) is 12.1 Å². The van der Waals surface area contributed by atoms with Crippen molar-refractivity contribution in [2.75, 3.05) is 32.1 Å². The minimum Gasteiger partial charge on any atom is -0.329 e. The number of nitrogens with two attached hydrogens (primary N) is 1. The number of likely N-dealkylation sites (N-methyl/N-ethyl adjacent to an activating group) is 1. The first-order valence-electron chi connectivity index (χ1n) is 5.33. The Morgan fingerprint density at radius 3 is 2.50 bits per heavy atom. The molecule has 1 rings (SSSR count). The molecule has 0 amide bonds. The van der Waals surface area contributed by atoms with Crippen molar-refractivity contribution in [2.24, 2.45) is 5.73 Å². The largest absolute Gasteiger partial charge is 0.329 e. The zero-order valence-corrected chi connectivity index (χ0v) is 10.6. The van der Waals surface area contributed by atoms with Gasteiger partial charge in [-0.3, -0.25) is 4.90 Å². The second-order valence-corrected chi connectivity index (χ2v) is 4.76. The van der Waals surface area contributed by atoms with Crippen molar-refractivity contribution >= 4 is 11.8 Å². The van der Waals surface area contributed by atoms with Gasteiger partial charge < -0.3 is 5.73 Å². The van der Waals surface area contributed by atoms with E-state index in [4.69, 9.17) is 5.73 Å². The average Bonchev–Trinajstić information content (AvgIpc) is 2.30. The van der Waals surface area contributed by atoms with E-state index in [-0.39, 0.29) is 11.9 Å². The van der Waals surface area contributed by atoms with Gasteiger partial charge in [0, 0.05) is 24.9 Å². The van der Waals surface area contributed by atoms with Crippen LogP contribution in [0.5, 0.6) is 0 Å². The van der Waals surface area contributed by atoms with Crippen LogP contribution in [0.2, 0.25) is 0 Å². The maximum absolute atomic E-state index is 12.8. The Hall–Kier alpha value is -0.580. The van der Waals surface area contributed by atoms with Gasteiger partial charge in [-0.25, -0.2) is 4.39 Å². The van der Waals surface area contributed by atoms with Gasteiger partial charge in [0.25, 0.3) is 0 Å². The summed E-state index contributed by atoms with van der Waals surface area (Å²) >= 11 is 1.81. The van der Waals surface area contributed by atoms with Gasteiger partial charge in [0.15, 0.2) is 0 Å². The molecule has 1 atom stereocenters. The Balaban J connectivity index is 2.69. The lowest BCUT2D eigenvalue weighted by Crippen LogP contribution is -2.32. The number of rotatable bonds is 6. The standard InChI is InChI=1S/C12H19FN2S/c1-15(7-8-16-2)12(9-14)10-3-5-11(13)6-4-10/h3-6,12H,7-9,14H2,1-2H3. The van der Waals surface area contributed by atoms with E-state index in [0.29, 0.717) is 6.54 Å². The zero-order chi connectivity index (χ0) is 12.0. The number of thioether (sulfide) groups is 1. The maximum atomic E-state index is 12.8. The molecule has 0 fully saturated rings. The average molecular weight is 242 g/mol. The van der Waals surface area contributed by atoms with Crippen LogP contribution < -0.4 is 5.73 Å². The van der Waals surface area contributed by atoms with E-state index in [9.17, 15) is 4.39 Å². The Morgan fingerprint density at radius 2 is 2.00 bits per heavy atom. The lowest BCUT2D eigenvalue weighted by molar-refractivity contribution is 0.265. The summed E-state index contributed by atoms with van der Waals surface area (Å²) in [6.45, 7) is 1.54. The monoisotopic (exact) mass is 242 g/mol. The quantitative estimate of drug-likeness (QED) is 0.828. The van der Waals surface area contributed by atoms with E-state index >= 15 is 0 Å². The summed E-state index contributed by atoms with van der Waals surface area (Å²) in [4.78, 5) is 2.21. The predicted octanol–water partition coefficient (Wildman–Crippen LogP) is 2.12. The van der Waals surface area contributed by atoms with Crippen LogP contribution in [-0.4, -0.2) is 37.0 Å². The molecule has 16 heavy (non-hydrogen) atoms. The predicted molar refractivity (Wildman–Crippen MR) is 69.2 cm³/mol. The molecule has 0 aliphatic rings. The van der Waals surface area contributed by atoms with Gasteiger partial charge in [0.2, 0.25) is 0 Å². The molecule has 0 saturated heterocycles. The molecule has 0 aliphatic heterocycles. The van der Waals surface area contributed by atoms with E-state index in [1.54, 1.807) is 0 Å². The molecule has 1 unspecified atom stereocenters. The van der Waals surface area contributed by atoms with Crippen molar-refractivity contribution in [3.8, 4) is 0 Å². The number of hydrogen-bond donors (Lipinski definition) is 1. The molecule has 2 nitrogen and oxygen atoms in total. The number of benzene rings is 1. The van der Waals surface area contributed by atoms with Gasteiger partial charge in [-0.2, -0.15) is 11.8 Å². The molecular weight excluding hydrogens is 223 g/mol. The third kappa shape index (κ3) is 3.77. The molecule has 2 N–H and O–H groups in total. The molecular formula is C12H19FN2S. The topological polar surface area (TPSA) is 29.3 Å². The van der Waals surface area contributed by atoms with Gasteiger partial charge in [0.1, 0.15) is 5.82 Å². The van der Waals surface area contributed by atoms with E-state index in [0.717, 1.165) is 17.9 Å². The Morgan fingerprint density at radius 1 is 1.38 bits per heavy atom. The molecule has 0 bridgehead atoms. The molecule has 0 aromatic heterocycles. The molecule has 0 spiro atoms. The maximum Gasteiger partial charge on any atom is 0.123 e. The summed E-state index contributed by atoms with van der Waals surface area (Å²) in [5, 5.41) is 0.